The number of methoxy groups -OCH3 is 2. The summed E-state index contributed by atoms with van der Waals surface area (Å²) >= 11 is 0. The fourth-order valence-corrected chi connectivity index (χ4v) is 3.96. The zero-order chi connectivity index (χ0) is 15.5. The first kappa shape index (κ1) is 16.2. The lowest BCUT2D eigenvalue weighted by atomic mass is 10.2. The Morgan fingerprint density at radius 1 is 1.33 bits per heavy atom. The number of hydrogen-bond acceptors (Lipinski definition) is 5. The topological polar surface area (TPSA) is 90.7 Å². The van der Waals surface area contributed by atoms with E-state index >= 15 is 0 Å². The van der Waals surface area contributed by atoms with E-state index in [4.69, 9.17) is 15.2 Å². The zero-order valence-corrected chi connectivity index (χ0v) is 13.2. The third-order valence-corrected chi connectivity index (χ3v) is 5.34. The van der Waals surface area contributed by atoms with Crippen LogP contribution in [0.2, 0.25) is 0 Å². The quantitative estimate of drug-likeness (QED) is 0.817. The largest absolute Gasteiger partial charge is 0.496 e. The summed E-state index contributed by atoms with van der Waals surface area (Å²) in [5.74, 6) is 0.594. The van der Waals surface area contributed by atoms with E-state index in [0.717, 1.165) is 12.8 Å². The van der Waals surface area contributed by atoms with Gasteiger partial charge in [-0.05, 0) is 37.5 Å². The van der Waals surface area contributed by atoms with E-state index in [1.54, 1.807) is 19.2 Å². The molecule has 6 nitrogen and oxygen atoms in total. The molecule has 0 aliphatic heterocycles. The van der Waals surface area contributed by atoms with Crippen molar-refractivity contribution in [1.82, 2.24) is 4.72 Å². The standard InChI is InChI=1S/C14H22N2O4S/c1-19-12-4-3-11(8-12)16-21(17,18)13-5-6-14(20-2)10(7-13)9-15/h5-7,11-12,16H,3-4,8-9,15H2,1-2H3. The van der Waals surface area contributed by atoms with E-state index in [9.17, 15) is 8.42 Å². The molecule has 0 spiro atoms. The van der Waals surface area contributed by atoms with Crippen LogP contribution in [0.25, 0.3) is 0 Å². The Morgan fingerprint density at radius 3 is 2.67 bits per heavy atom. The molecular formula is C14H22N2O4S. The Hall–Kier alpha value is -1.15. The van der Waals surface area contributed by atoms with Crippen molar-refractivity contribution in [3.05, 3.63) is 23.8 Å². The maximum absolute atomic E-state index is 12.4. The average Bonchev–Trinajstić information content (AvgIpc) is 2.93. The van der Waals surface area contributed by atoms with Gasteiger partial charge in [0.05, 0.1) is 18.1 Å². The molecule has 1 aliphatic carbocycles. The van der Waals surface area contributed by atoms with Crippen LogP contribution in [0.15, 0.2) is 23.1 Å². The Bertz CT molecular complexity index is 589. The summed E-state index contributed by atoms with van der Waals surface area (Å²) in [6.07, 6.45) is 2.50. The van der Waals surface area contributed by atoms with Crippen molar-refractivity contribution in [2.75, 3.05) is 14.2 Å². The van der Waals surface area contributed by atoms with Gasteiger partial charge in [-0.25, -0.2) is 13.1 Å². The molecule has 0 saturated heterocycles. The van der Waals surface area contributed by atoms with Gasteiger partial charge in [-0.2, -0.15) is 0 Å². The van der Waals surface area contributed by atoms with Gasteiger partial charge in [0.25, 0.3) is 0 Å². The molecule has 1 aromatic rings. The lowest BCUT2D eigenvalue weighted by Crippen LogP contribution is -2.33. The van der Waals surface area contributed by atoms with Crippen LogP contribution in [-0.2, 0) is 21.3 Å². The minimum absolute atomic E-state index is 0.0802. The van der Waals surface area contributed by atoms with Crippen LogP contribution in [0.5, 0.6) is 5.75 Å². The van der Waals surface area contributed by atoms with Gasteiger partial charge < -0.3 is 15.2 Å². The summed E-state index contributed by atoms with van der Waals surface area (Å²) in [6.45, 7) is 0.224. The molecule has 0 bridgehead atoms. The predicted octanol–water partition coefficient (Wildman–Crippen LogP) is 1.000. The van der Waals surface area contributed by atoms with E-state index in [2.05, 4.69) is 4.72 Å². The second kappa shape index (κ2) is 6.74. The van der Waals surface area contributed by atoms with E-state index in [1.165, 1.54) is 13.2 Å². The smallest absolute Gasteiger partial charge is 0.240 e. The van der Waals surface area contributed by atoms with Crippen LogP contribution in [0.3, 0.4) is 0 Å². The van der Waals surface area contributed by atoms with Crippen molar-refractivity contribution in [2.24, 2.45) is 5.73 Å². The lowest BCUT2D eigenvalue weighted by Gasteiger charge is -2.15. The van der Waals surface area contributed by atoms with Gasteiger partial charge in [0.1, 0.15) is 5.75 Å². The van der Waals surface area contributed by atoms with Crippen LogP contribution in [0.1, 0.15) is 24.8 Å². The summed E-state index contributed by atoms with van der Waals surface area (Å²) in [6, 6.07) is 4.64. The van der Waals surface area contributed by atoms with Gasteiger partial charge >= 0.3 is 0 Å². The molecule has 1 aliphatic rings. The maximum Gasteiger partial charge on any atom is 0.240 e. The minimum atomic E-state index is -3.55. The van der Waals surface area contributed by atoms with Crippen molar-refractivity contribution in [3.63, 3.8) is 0 Å². The summed E-state index contributed by atoms with van der Waals surface area (Å²) in [5.41, 5.74) is 6.29. The van der Waals surface area contributed by atoms with Crippen molar-refractivity contribution in [1.29, 1.82) is 0 Å². The number of hydrogen-bond donors (Lipinski definition) is 2. The number of ether oxygens (including phenoxy) is 2. The molecule has 0 heterocycles. The van der Waals surface area contributed by atoms with Gasteiger partial charge in [-0.3, -0.25) is 0 Å². The van der Waals surface area contributed by atoms with Crippen LogP contribution in [0.4, 0.5) is 0 Å². The number of nitrogens with one attached hydrogen (secondary N) is 1. The molecule has 21 heavy (non-hydrogen) atoms. The monoisotopic (exact) mass is 314 g/mol. The zero-order valence-electron chi connectivity index (χ0n) is 12.3. The predicted molar refractivity (Wildman–Crippen MR) is 79.6 cm³/mol. The summed E-state index contributed by atoms with van der Waals surface area (Å²) in [7, 11) is -0.366. The van der Waals surface area contributed by atoms with Gasteiger partial charge in [0.2, 0.25) is 10.0 Å². The molecule has 7 heteroatoms. The summed E-state index contributed by atoms with van der Waals surface area (Å²) < 4.78 is 38.0. The molecular weight excluding hydrogens is 292 g/mol. The molecule has 2 atom stereocenters. The third kappa shape index (κ3) is 3.74. The first-order valence-electron chi connectivity index (χ1n) is 6.92. The van der Waals surface area contributed by atoms with Crippen LogP contribution >= 0.6 is 0 Å². The molecule has 0 aromatic heterocycles. The molecule has 1 aromatic carbocycles. The highest BCUT2D eigenvalue weighted by Gasteiger charge is 2.28. The van der Waals surface area contributed by atoms with Crippen LogP contribution in [0, 0.1) is 0 Å². The Labute approximate surface area is 125 Å². The van der Waals surface area contributed by atoms with E-state index in [0.29, 0.717) is 17.7 Å². The van der Waals surface area contributed by atoms with E-state index in [1.807, 2.05) is 0 Å². The molecule has 1 fully saturated rings. The Morgan fingerprint density at radius 2 is 2.10 bits per heavy atom. The average molecular weight is 314 g/mol. The van der Waals surface area contributed by atoms with Gasteiger partial charge in [-0.15, -0.1) is 0 Å². The number of rotatable bonds is 6. The summed E-state index contributed by atoms with van der Waals surface area (Å²) in [5, 5.41) is 0. The van der Waals surface area contributed by atoms with Crippen LogP contribution in [-0.4, -0.2) is 34.8 Å². The number of sulfonamides is 1. The molecule has 1 saturated carbocycles. The molecule has 0 amide bonds. The Balaban J connectivity index is 2.16. The van der Waals surface area contributed by atoms with Crippen LogP contribution < -0.4 is 15.2 Å². The van der Waals surface area contributed by atoms with Gasteiger partial charge in [0.15, 0.2) is 0 Å². The fourth-order valence-electron chi connectivity index (χ4n) is 2.63. The van der Waals surface area contributed by atoms with Gasteiger partial charge in [0, 0.05) is 25.3 Å². The fraction of sp³-hybridized carbons (Fsp3) is 0.571. The second-order valence-electron chi connectivity index (χ2n) is 5.17. The highest BCUT2D eigenvalue weighted by atomic mass is 32.2. The van der Waals surface area contributed by atoms with E-state index < -0.39 is 10.0 Å². The van der Waals surface area contributed by atoms with Crippen molar-refractivity contribution < 1.29 is 17.9 Å². The normalized spacial score (nSPS) is 22.4. The highest BCUT2D eigenvalue weighted by Crippen LogP contribution is 2.25. The van der Waals surface area contributed by atoms with Crippen molar-refractivity contribution >= 4 is 10.0 Å². The molecule has 0 radical (unpaired) electrons. The first-order chi connectivity index (χ1) is 10.00. The van der Waals surface area contributed by atoms with E-state index in [-0.39, 0.29) is 23.6 Å². The SMILES string of the molecule is COc1ccc(S(=O)(=O)NC2CCC(OC)C2)cc1CN. The lowest BCUT2D eigenvalue weighted by molar-refractivity contribution is 0.107. The van der Waals surface area contributed by atoms with Crippen molar-refractivity contribution in [2.45, 2.75) is 42.8 Å². The first-order valence-corrected chi connectivity index (χ1v) is 8.40. The maximum atomic E-state index is 12.4. The number of nitrogens with two attached hydrogens (primary N) is 1. The molecule has 3 N–H and O–H groups in total. The van der Waals surface area contributed by atoms with Gasteiger partial charge in [-0.1, -0.05) is 0 Å². The van der Waals surface area contributed by atoms with Crippen molar-refractivity contribution in [3.8, 4) is 5.75 Å². The Kier molecular flexibility index (Phi) is 5.21. The number of benzene rings is 1. The molecule has 2 unspecified atom stereocenters. The summed E-state index contributed by atoms with van der Waals surface area (Å²) in [4.78, 5) is 0.213. The second-order valence-corrected chi connectivity index (χ2v) is 6.88. The molecule has 2 rings (SSSR count). The molecule has 118 valence electrons. The third-order valence-electron chi connectivity index (χ3n) is 3.82. The highest BCUT2D eigenvalue weighted by molar-refractivity contribution is 7.89. The minimum Gasteiger partial charge on any atom is -0.496 e.